The van der Waals surface area contributed by atoms with Crippen LogP contribution in [0, 0.1) is 0 Å². The first-order valence-electron chi connectivity index (χ1n) is 5.43. The first-order valence-corrected chi connectivity index (χ1v) is 6.48. The van der Waals surface area contributed by atoms with Gasteiger partial charge in [0.15, 0.2) is 0 Å². The van der Waals surface area contributed by atoms with Crippen molar-refractivity contribution in [2.45, 2.75) is 24.6 Å². The van der Waals surface area contributed by atoms with Crippen molar-refractivity contribution in [3.63, 3.8) is 0 Å². The quantitative estimate of drug-likeness (QED) is 0.802. The minimum atomic E-state index is 0.155. The van der Waals surface area contributed by atoms with Crippen LogP contribution < -0.4 is 11.1 Å². The van der Waals surface area contributed by atoms with Crippen LogP contribution in [-0.4, -0.2) is 33.2 Å². The van der Waals surface area contributed by atoms with E-state index in [9.17, 15) is 4.79 Å². The number of nitrogens with zero attached hydrogens (tertiary/aromatic N) is 2. The van der Waals surface area contributed by atoms with Gasteiger partial charge in [-0.1, -0.05) is 0 Å². The van der Waals surface area contributed by atoms with E-state index in [2.05, 4.69) is 10.4 Å². The van der Waals surface area contributed by atoms with Gasteiger partial charge >= 0.3 is 0 Å². The van der Waals surface area contributed by atoms with Gasteiger partial charge in [0.05, 0.1) is 23.7 Å². The molecular formula is C10H16N4OS. The predicted molar refractivity (Wildman–Crippen MR) is 65.1 cm³/mol. The molecule has 0 saturated carbocycles. The third kappa shape index (κ3) is 2.91. The van der Waals surface area contributed by atoms with E-state index in [4.69, 9.17) is 5.73 Å². The number of hydrogen-bond donors (Lipinski definition) is 2. The van der Waals surface area contributed by atoms with Crippen molar-refractivity contribution in [1.29, 1.82) is 0 Å². The first kappa shape index (κ1) is 11.3. The number of anilines is 1. The van der Waals surface area contributed by atoms with Crippen LogP contribution in [0.5, 0.6) is 0 Å². The van der Waals surface area contributed by atoms with E-state index in [1.54, 1.807) is 28.8 Å². The Balaban J connectivity index is 1.69. The van der Waals surface area contributed by atoms with Crippen molar-refractivity contribution in [2.24, 2.45) is 0 Å². The summed E-state index contributed by atoms with van der Waals surface area (Å²) in [5, 5.41) is 7.12. The maximum atomic E-state index is 11.7. The van der Waals surface area contributed by atoms with Crippen molar-refractivity contribution in [3.8, 4) is 0 Å². The summed E-state index contributed by atoms with van der Waals surface area (Å²) in [6.45, 7) is 1.28. The van der Waals surface area contributed by atoms with Gasteiger partial charge in [0.1, 0.15) is 0 Å². The summed E-state index contributed by atoms with van der Waals surface area (Å²) < 4.78 is 1.73. The van der Waals surface area contributed by atoms with Crippen LogP contribution in [0.15, 0.2) is 12.4 Å². The van der Waals surface area contributed by atoms with E-state index < -0.39 is 0 Å². The lowest BCUT2D eigenvalue weighted by Crippen LogP contribution is -2.33. The number of hydrogen-bond acceptors (Lipinski definition) is 4. The highest BCUT2D eigenvalue weighted by Crippen LogP contribution is 2.25. The molecule has 0 bridgehead atoms. The smallest absolute Gasteiger partial charge is 0.233 e. The second-order valence-electron chi connectivity index (χ2n) is 3.83. The summed E-state index contributed by atoms with van der Waals surface area (Å²) in [7, 11) is 0. The van der Waals surface area contributed by atoms with Gasteiger partial charge in [0.2, 0.25) is 5.91 Å². The zero-order chi connectivity index (χ0) is 11.4. The number of carbonyl (C=O) groups excluding carboxylic acids is 1. The highest BCUT2D eigenvalue weighted by Gasteiger charge is 2.22. The minimum absolute atomic E-state index is 0.155. The van der Waals surface area contributed by atoms with E-state index in [1.165, 1.54) is 0 Å². The number of nitrogens with two attached hydrogens (primary N) is 1. The highest BCUT2D eigenvalue weighted by atomic mass is 32.2. The molecule has 1 aromatic rings. The molecule has 1 aliphatic rings. The number of thioether (sulfide) groups is 1. The molecule has 2 rings (SSSR count). The van der Waals surface area contributed by atoms with E-state index in [0.717, 1.165) is 18.6 Å². The van der Waals surface area contributed by atoms with Crippen LogP contribution in [0.4, 0.5) is 5.69 Å². The summed E-state index contributed by atoms with van der Waals surface area (Å²) in [6.07, 6.45) is 5.52. The predicted octanol–water partition coefficient (Wildman–Crippen LogP) is 0.477. The SMILES string of the molecule is Nc1cnn(CCNC(=O)C2CCCS2)c1. The Morgan fingerprint density at radius 2 is 2.62 bits per heavy atom. The summed E-state index contributed by atoms with van der Waals surface area (Å²) in [5.74, 6) is 1.26. The number of rotatable bonds is 4. The van der Waals surface area contributed by atoms with Crippen LogP contribution in [0.1, 0.15) is 12.8 Å². The number of nitrogen functional groups attached to an aromatic ring is 1. The van der Waals surface area contributed by atoms with Gasteiger partial charge in [0, 0.05) is 12.7 Å². The molecule has 2 heterocycles. The Labute approximate surface area is 98.8 Å². The molecule has 6 heteroatoms. The molecule has 1 aliphatic heterocycles. The molecule has 1 amide bonds. The van der Waals surface area contributed by atoms with Crippen molar-refractivity contribution in [3.05, 3.63) is 12.4 Å². The van der Waals surface area contributed by atoms with Gasteiger partial charge in [-0.2, -0.15) is 5.10 Å². The third-order valence-electron chi connectivity index (χ3n) is 2.52. The third-order valence-corrected chi connectivity index (χ3v) is 3.89. The maximum Gasteiger partial charge on any atom is 0.233 e. The fourth-order valence-corrected chi connectivity index (χ4v) is 2.88. The summed E-state index contributed by atoms with van der Waals surface area (Å²) in [6, 6.07) is 0. The molecule has 88 valence electrons. The molecule has 5 nitrogen and oxygen atoms in total. The van der Waals surface area contributed by atoms with Gasteiger partial charge in [-0.25, -0.2) is 0 Å². The molecule has 1 fully saturated rings. The molecule has 0 aliphatic carbocycles. The van der Waals surface area contributed by atoms with Crippen LogP contribution in [-0.2, 0) is 11.3 Å². The summed E-state index contributed by atoms with van der Waals surface area (Å²) in [5.41, 5.74) is 6.19. The van der Waals surface area contributed by atoms with E-state index in [-0.39, 0.29) is 11.2 Å². The van der Waals surface area contributed by atoms with Gasteiger partial charge in [-0.05, 0) is 18.6 Å². The van der Waals surface area contributed by atoms with Crippen LogP contribution >= 0.6 is 11.8 Å². The minimum Gasteiger partial charge on any atom is -0.396 e. The van der Waals surface area contributed by atoms with Crippen LogP contribution in [0.3, 0.4) is 0 Å². The lowest BCUT2D eigenvalue weighted by atomic mass is 10.2. The molecule has 0 aromatic carbocycles. The van der Waals surface area contributed by atoms with Crippen LogP contribution in [0.25, 0.3) is 0 Å². The largest absolute Gasteiger partial charge is 0.396 e. The average Bonchev–Trinajstić information content (AvgIpc) is 2.89. The van der Waals surface area contributed by atoms with E-state index in [0.29, 0.717) is 18.8 Å². The standard InChI is InChI=1S/C10H16N4OS/c11-8-6-13-14(7-8)4-3-12-10(15)9-2-1-5-16-9/h6-7,9H,1-5,11H2,(H,12,15). The zero-order valence-electron chi connectivity index (χ0n) is 9.06. The second-order valence-corrected chi connectivity index (χ2v) is 5.14. The lowest BCUT2D eigenvalue weighted by Gasteiger charge is -2.09. The molecule has 3 N–H and O–H groups in total. The molecule has 1 atom stereocenters. The molecule has 0 radical (unpaired) electrons. The fourth-order valence-electron chi connectivity index (χ4n) is 1.69. The van der Waals surface area contributed by atoms with Crippen molar-refractivity contribution in [2.75, 3.05) is 18.0 Å². The van der Waals surface area contributed by atoms with Gasteiger partial charge < -0.3 is 11.1 Å². The van der Waals surface area contributed by atoms with Crippen molar-refractivity contribution in [1.82, 2.24) is 15.1 Å². The Morgan fingerprint density at radius 3 is 3.25 bits per heavy atom. The zero-order valence-corrected chi connectivity index (χ0v) is 9.87. The molecule has 1 unspecified atom stereocenters. The first-order chi connectivity index (χ1) is 7.75. The number of nitrogens with one attached hydrogen (secondary N) is 1. The number of carbonyl (C=O) groups is 1. The molecule has 0 spiro atoms. The van der Waals surface area contributed by atoms with Gasteiger partial charge in [-0.3, -0.25) is 9.48 Å². The fraction of sp³-hybridized carbons (Fsp3) is 0.600. The Hall–Kier alpha value is -1.17. The molecule has 16 heavy (non-hydrogen) atoms. The Morgan fingerprint density at radius 1 is 1.75 bits per heavy atom. The number of amides is 1. The summed E-state index contributed by atoms with van der Waals surface area (Å²) >= 11 is 1.75. The average molecular weight is 240 g/mol. The Kier molecular flexibility index (Phi) is 3.71. The van der Waals surface area contributed by atoms with E-state index in [1.807, 2.05) is 0 Å². The molecular weight excluding hydrogens is 224 g/mol. The second kappa shape index (κ2) is 5.25. The normalized spacial score (nSPS) is 19.9. The monoisotopic (exact) mass is 240 g/mol. The van der Waals surface area contributed by atoms with Gasteiger partial charge in [0.25, 0.3) is 0 Å². The van der Waals surface area contributed by atoms with Crippen molar-refractivity contribution >= 4 is 23.4 Å². The van der Waals surface area contributed by atoms with E-state index >= 15 is 0 Å². The Bertz CT molecular complexity index is 359. The van der Waals surface area contributed by atoms with Crippen LogP contribution in [0.2, 0.25) is 0 Å². The maximum absolute atomic E-state index is 11.7. The highest BCUT2D eigenvalue weighted by molar-refractivity contribution is 8.00. The molecule has 1 saturated heterocycles. The topological polar surface area (TPSA) is 72.9 Å². The van der Waals surface area contributed by atoms with Crippen molar-refractivity contribution < 1.29 is 4.79 Å². The van der Waals surface area contributed by atoms with Gasteiger partial charge in [-0.15, -0.1) is 11.8 Å². The number of aromatic nitrogens is 2. The lowest BCUT2D eigenvalue weighted by molar-refractivity contribution is -0.120. The molecule has 1 aromatic heterocycles. The summed E-state index contributed by atoms with van der Waals surface area (Å²) in [4.78, 5) is 11.7.